The standard InChI is InChI=1S/C17H24ClN3O4/c1-12(20(2)11-16(22)21-6-8-25-9-7-21)17(23)19-14-10-13(18)4-5-15(14)24-3/h4-5,10,12H,6-9,11H2,1-3H3,(H,19,23)/p+1/t12-/m0/s1. The second kappa shape index (κ2) is 9.03. The summed E-state index contributed by atoms with van der Waals surface area (Å²) in [7, 11) is 3.36. The van der Waals surface area contributed by atoms with Crippen LogP contribution >= 0.6 is 11.6 Å². The molecule has 25 heavy (non-hydrogen) atoms. The fourth-order valence-corrected chi connectivity index (χ4v) is 2.73. The molecule has 0 aliphatic carbocycles. The third kappa shape index (κ3) is 5.32. The van der Waals surface area contributed by atoms with E-state index in [9.17, 15) is 9.59 Å². The Bertz CT molecular complexity index is 620. The van der Waals surface area contributed by atoms with Crippen molar-refractivity contribution < 1.29 is 24.0 Å². The van der Waals surface area contributed by atoms with E-state index in [0.717, 1.165) is 4.90 Å². The molecule has 0 aromatic heterocycles. The fourth-order valence-electron chi connectivity index (χ4n) is 2.56. The number of nitrogens with zero attached hydrogens (tertiary/aromatic N) is 1. The summed E-state index contributed by atoms with van der Waals surface area (Å²) in [6.45, 7) is 4.37. The van der Waals surface area contributed by atoms with Crippen LogP contribution in [0, 0.1) is 0 Å². The van der Waals surface area contributed by atoms with Crippen molar-refractivity contribution >= 4 is 29.1 Å². The molecule has 1 heterocycles. The fraction of sp³-hybridized carbons (Fsp3) is 0.529. The molecule has 2 rings (SSSR count). The molecule has 2 atom stereocenters. The van der Waals surface area contributed by atoms with Crippen LogP contribution in [0.1, 0.15) is 6.92 Å². The summed E-state index contributed by atoms with van der Waals surface area (Å²) >= 11 is 5.98. The van der Waals surface area contributed by atoms with Crippen LogP contribution < -0.4 is 15.0 Å². The van der Waals surface area contributed by atoms with Gasteiger partial charge in [-0.2, -0.15) is 0 Å². The summed E-state index contributed by atoms with van der Waals surface area (Å²) < 4.78 is 10.5. The van der Waals surface area contributed by atoms with Gasteiger partial charge < -0.3 is 24.6 Å². The van der Waals surface area contributed by atoms with Crippen LogP contribution in [0.15, 0.2) is 18.2 Å². The van der Waals surface area contributed by atoms with Gasteiger partial charge in [0, 0.05) is 18.1 Å². The molecule has 2 N–H and O–H groups in total. The summed E-state index contributed by atoms with van der Waals surface area (Å²) in [5.74, 6) is 0.362. The maximum Gasteiger partial charge on any atom is 0.282 e. The lowest BCUT2D eigenvalue weighted by molar-refractivity contribution is -0.886. The van der Waals surface area contributed by atoms with Crippen molar-refractivity contribution in [3.05, 3.63) is 23.2 Å². The first kappa shape index (κ1) is 19.5. The lowest BCUT2D eigenvalue weighted by atomic mass is 10.2. The Labute approximate surface area is 152 Å². The van der Waals surface area contributed by atoms with Crippen LogP contribution in [-0.2, 0) is 14.3 Å². The first-order valence-electron chi connectivity index (χ1n) is 8.24. The number of rotatable bonds is 6. The number of anilines is 1. The quantitative estimate of drug-likeness (QED) is 0.742. The summed E-state index contributed by atoms with van der Waals surface area (Å²) in [6, 6.07) is 4.62. The first-order chi connectivity index (χ1) is 11.9. The largest absolute Gasteiger partial charge is 0.495 e. The van der Waals surface area contributed by atoms with Crippen LogP contribution in [0.4, 0.5) is 5.69 Å². The molecule has 0 radical (unpaired) electrons. The Morgan fingerprint density at radius 1 is 1.40 bits per heavy atom. The Morgan fingerprint density at radius 2 is 2.08 bits per heavy atom. The van der Waals surface area contributed by atoms with Gasteiger partial charge in [-0.1, -0.05) is 11.6 Å². The van der Waals surface area contributed by atoms with E-state index in [0.29, 0.717) is 42.8 Å². The Morgan fingerprint density at radius 3 is 2.72 bits per heavy atom. The molecule has 8 heteroatoms. The molecular formula is C17H25ClN3O4+. The number of carbonyl (C=O) groups excluding carboxylic acids is 2. The van der Waals surface area contributed by atoms with Crippen molar-refractivity contribution in [3.8, 4) is 5.75 Å². The minimum Gasteiger partial charge on any atom is -0.495 e. The number of ether oxygens (including phenoxy) is 2. The number of halogens is 1. The molecule has 7 nitrogen and oxygen atoms in total. The van der Waals surface area contributed by atoms with Gasteiger partial charge >= 0.3 is 0 Å². The molecule has 1 aliphatic rings. The molecule has 1 fully saturated rings. The van der Waals surface area contributed by atoms with Gasteiger partial charge in [-0.3, -0.25) is 9.59 Å². The zero-order valence-corrected chi connectivity index (χ0v) is 15.6. The number of hydrogen-bond donors (Lipinski definition) is 2. The highest BCUT2D eigenvalue weighted by Crippen LogP contribution is 2.27. The molecule has 1 aromatic carbocycles. The van der Waals surface area contributed by atoms with Gasteiger partial charge in [0.25, 0.3) is 11.8 Å². The van der Waals surface area contributed by atoms with Crippen molar-refractivity contribution in [3.63, 3.8) is 0 Å². The van der Waals surface area contributed by atoms with Crippen LogP contribution in [0.5, 0.6) is 5.75 Å². The van der Waals surface area contributed by atoms with Gasteiger partial charge in [0.1, 0.15) is 5.75 Å². The van der Waals surface area contributed by atoms with Crippen LogP contribution in [0.2, 0.25) is 5.02 Å². The number of benzene rings is 1. The number of morpholine rings is 1. The van der Waals surface area contributed by atoms with Gasteiger partial charge in [0.05, 0.1) is 33.1 Å². The third-order valence-electron chi connectivity index (χ3n) is 4.35. The summed E-state index contributed by atoms with van der Waals surface area (Å²) in [5.41, 5.74) is 0.513. The Kier molecular flexibility index (Phi) is 7.04. The van der Waals surface area contributed by atoms with E-state index in [1.165, 1.54) is 7.11 Å². The number of methoxy groups -OCH3 is 1. The highest BCUT2D eigenvalue weighted by atomic mass is 35.5. The topological polar surface area (TPSA) is 72.3 Å². The van der Waals surface area contributed by atoms with E-state index < -0.39 is 6.04 Å². The molecule has 1 aliphatic heterocycles. The summed E-state index contributed by atoms with van der Waals surface area (Å²) in [6.07, 6.45) is 0. The van der Waals surface area contributed by atoms with Crippen LogP contribution in [0.25, 0.3) is 0 Å². The van der Waals surface area contributed by atoms with E-state index >= 15 is 0 Å². The van der Waals surface area contributed by atoms with E-state index in [1.54, 1.807) is 30.0 Å². The zero-order valence-electron chi connectivity index (χ0n) is 14.8. The average Bonchev–Trinajstić information content (AvgIpc) is 2.61. The third-order valence-corrected chi connectivity index (χ3v) is 4.58. The second-order valence-electron chi connectivity index (χ2n) is 6.07. The van der Waals surface area contributed by atoms with Gasteiger partial charge in [-0.25, -0.2) is 0 Å². The molecule has 0 spiro atoms. The van der Waals surface area contributed by atoms with Crippen molar-refractivity contribution in [2.24, 2.45) is 0 Å². The maximum absolute atomic E-state index is 12.5. The van der Waals surface area contributed by atoms with E-state index in [1.807, 2.05) is 7.05 Å². The van der Waals surface area contributed by atoms with E-state index in [2.05, 4.69) is 5.32 Å². The van der Waals surface area contributed by atoms with Gasteiger partial charge in [-0.15, -0.1) is 0 Å². The molecule has 2 amide bonds. The van der Waals surface area contributed by atoms with Crippen LogP contribution in [-0.4, -0.2) is 69.8 Å². The number of quaternary nitrogens is 1. The molecular weight excluding hydrogens is 346 g/mol. The SMILES string of the molecule is COc1ccc(Cl)cc1NC(=O)[C@H](C)[NH+](C)CC(=O)N1CCOCC1. The summed E-state index contributed by atoms with van der Waals surface area (Å²) in [5, 5.41) is 3.33. The number of nitrogens with one attached hydrogen (secondary N) is 2. The van der Waals surface area contributed by atoms with Gasteiger partial charge in [0.15, 0.2) is 12.6 Å². The lowest BCUT2D eigenvalue weighted by Crippen LogP contribution is -3.15. The highest BCUT2D eigenvalue weighted by molar-refractivity contribution is 6.31. The normalized spacial score (nSPS) is 16.9. The molecule has 0 bridgehead atoms. The maximum atomic E-state index is 12.5. The highest BCUT2D eigenvalue weighted by Gasteiger charge is 2.27. The minimum atomic E-state index is -0.409. The van der Waals surface area contributed by atoms with E-state index in [4.69, 9.17) is 21.1 Å². The van der Waals surface area contributed by atoms with Crippen LogP contribution in [0.3, 0.4) is 0 Å². The average molecular weight is 371 g/mol. The van der Waals surface area contributed by atoms with Crippen molar-refractivity contribution in [1.29, 1.82) is 0 Å². The molecule has 1 aromatic rings. The minimum absolute atomic E-state index is 0.0285. The zero-order chi connectivity index (χ0) is 18.4. The number of hydrogen-bond acceptors (Lipinski definition) is 4. The number of amides is 2. The monoisotopic (exact) mass is 370 g/mol. The van der Waals surface area contributed by atoms with Crippen molar-refractivity contribution in [2.45, 2.75) is 13.0 Å². The summed E-state index contributed by atoms with van der Waals surface area (Å²) in [4.78, 5) is 27.4. The predicted octanol–water partition coefficient (Wildman–Crippen LogP) is 0.0491. The number of carbonyl (C=O) groups is 2. The predicted molar refractivity (Wildman–Crippen MR) is 95.2 cm³/mol. The molecule has 138 valence electrons. The van der Waals surface area contributed by atoms with E-state index in [-0.39, 0.29) is 18.4 Å². The lowest BCUT2D eigenvalue weighted by Gasteiger charge is -2.28. The first-order valence-corrected chi connectivity index (χ1v) is 8.62. The Balaban J connectivity index is 1.94. The number of likely N-dealkylation sites (N-methyl/N-ethyl adjacent to an activating group) is 1. The smallest absolute Gasteiger partial charge is 0.282 e. The van der Waals surface area contributed by atoms with Gasteiger partial charge in [-0.05, 0) is 25.1 Å². The molecule has 1 saturated heterocycles. The van der Waals surface area contributed by atoms with Gasteiger partial charge in [0.2, 0.25) is 0 Å². The second-order valence-corrected chi connectivity index (χ2v) is 6.51. The Hall–Kier alpha value is -1.83. The molecule has 0 saturated carbocycles. The molecule has 1 unspecified atom stereocenters. The van der Waals surface area contributed by atoms with Crippen molar-refractivity contribution in [2.75, 3.05) is 52.3 Å². The van der Waals surface area contributed by atoms with Crippen molar-refractivity contribution in [1.82, 2.24) is 4.90 Å².